The van der Waals surface area contributed by atoms with Crippen LogP contribution in [0.3, 0.4) is 0 Å². The number of aliphatic hydroxyl groups excluding tert-OH is 1. The zero-order valence-electron chi connectivity index (χ0n) is 10.8. The highest BCUT2D eigenvalue weighted by Crippen LogP contribution is 2.28. The molecule has 7 nitrogen and oxygen atoms in total. The number of carbonyl (C=O) groups excluding carboxylic acids is 1. The summed E-state index contributed by atoms with van der Waals surface area (Å²) < 4.78 is 25.5. The first-order valence-electron chi connectivity index (χ1n) is 5.66. The lowest BCUT2D eigenvalue weighted by atomic mass is 10.2. The van der Waals surface area contributed by atoms with Gasteiger partial charge in [0.05, 0.1) is 6.10 Å². The van der Waals surface area contributed by atoms with Crippen molar-refractivity contribution < 1.29 is 33.6 Å². The fourth-order valence-corrected chi connectivity index (χ4v) is 1.97. The number of methoxy groups -OCH3 is 2. The molecule has 1 rings (SSSR count). The zero-order valence-corrected chi connectivity index (χ0v) is 10.8. The number of esters is 1. The minimum atomic E-state index is -0.772. The third-order valence-electron chi connectivity index (χ3n) is 2.62. The van der Waals surface area contributed by atoms with E-state index in [-0.39, 0.29) is 20.0 Å². The van der Waals surface area contributed by atoms with Crippen molar-refractivity contribution in [1.82, 2.24) is 0 Å². The van der Waals surface area contributed by atoms with Crippen molar-refractivity contribution in [2.24, 2.45) is 0 Å². The van der Waals surface area contributed by atoms with Gasteiger partial charge in [-0.05, 0) is 0 Å². The SMILES string of the molecule is COCO[C@@H]1[C@H](OCOC)[C@@H](OC(C)=O)C[C@H]1O. The highest BCUT2D eigenvalue weighted by Gasteiger charge is 2.46. The zero-order chi connectivity index (χ0) is 13.5. The van der Waals surface area contributed by atoms with Crippen molar-refractivity contribution in [1.29, 1.82) is 0 Å². The molecule has 1 fully saturated rings. The second-order valence-electron chi connectivity index (χ2n) is 4.03. The molecule has 0 aromatic heterocycles. The van der Waals surface area contributed by atoms with Gasteiger partial charge in [-0.25, -0.2) is 0 Å². The van der Waals surface area contributed by atoms with Crippen LogP contribution >= 0.6 is 0 Å². The Kier molecular flexibility index (Phi) is 6.51. The van der Waals surface area contributed by atoms with Gasteiger partial charge in [-0.2, -0.15) is 0 Å². The van der Waals surface area contributed by atoms with E-state index in [2.05, 4.69) is 0 Å². The first-order valence-corrected chi connectivity index (χ1v) is 5.66. The van der Waals surface area contributed by atoms with E-state index in [0.29, 0.717) is 0 Å². The number of carbonyl (C=O) groups is 1. The second kappa shape index (κ2) is 7.65. The summed E-state index contributed by atoms with van der Waals surface area (Å²) in [7, 11) is 2.97. The maximum absolute atomic E-state index is 11.0. The largest absolute Gasteiger partial charge is 0.460 e. The average molecular weight is 264 g/mol. The molecule has 4 atom stereocenters. The van der Waals surface area contributed by atoms with Crippen LogP contribution in [0.15, 0.2) is 0 Å². The third-order valence-corrected chi connectivity index (χ3v) is 2.62. The average Bonchev–Trinajstić information content (AvgIpc) is 2.59. The molecule has 0 heterocycles. The van der Waals surface area contributed by atoms with Crippen LogP contribution in [-0.2, 0) is 28.5 Å². The molecule has 0 aromatic rings. The standard InChI is InChI=1S/C11H20O7/c1-7(12)18-9-4-8(13)10(16-5-14-2)11(9)17-6-15-3/h8-11,13H,4-6H2,1-3H3/t8-,9+,10+,11-/m1/s1. The molecule has 1 N–H and O–H groups in total. The van der Waals surface area contributed by atoms with E-state index in [0.717, 1.165) is 0 Å². The van der Waals surface area contributed by atoms with Crippen LogP contribution in [0.4, 0.5) is 0 Å². The number of aliphatic hydroxyl groups is 1. The second-order valence-corrected chi connectivity index (χ2v) is 4.03. The van der Waals surface area contributed by atoms with Gasteiger partial charge >= 0.3 is 5.97 Å². The van der Waals surface area contributed by atoms with E-state index in [4.69, 9.17) is 23.7 Å². The fourth-order valence-electron chi connectivity index (χ4n) is 1.97. The molecule has 0 unspecified atom stereocenters. The molecule has 1 saturated carbocycles. The lowest BCUT2D eigenvalue weighted by molar-refractivity contribution is -0.186. The van der Waals surface area contributed by atoms with E-state index in [1.807, 2.05) is 0 Å². The maximum Gasteiger partial charge on any atom is 0.302 e. The van der Waals surface area contributed by atoms with Crippen LogP contribution in [0.25, 0.3) is 0 Å². The predicted octanol–water partition coefficient (Wildman–Crippen LogP) is -0.339. The van der Waals surface area contributed by atoms with Crippen LogP contribution in [0.1, 0.15) is 13.3 Å². The highest BCUT2D eigenvalue weighted by molar-refractivity contribution is 5.66. The molecule has 0 aromatic carbocycles. The minimum Gasteiger partial charge on any atom is -0.460 e. The lowest BCUT2D eigenvalue weighted by Crippen LogP contribution is -2.39. The van der Waals surface area contributed by atoms with Crippen molar-refractivity contribution in [3.63, 3.8) is 0 Å². The summed E-state index contributed by atoms with van der Waals surface area (Å²) in [6, 6.07) is 0. The Morgan fingerprint density at radius 2 is 1.72 bits per heavy atom. The van der Waals surface area contributed by atoms with Gasteiger partial charge in [-0.1, -0.05) is 0 Å². The molecule has 7 heteroatoms. The highest BCUT2D eigenvalue weighted by atomic mass is 16.7. The molecule has 0 aliphatic heterocycles. The van der Waals surface area contributed by atoms with Gasteiger partial charge < -0.3 is 28.8 Å². The van der Waals surface area contributed by atoms with Gasteiger partial charge in [-0.15, -0.1) is 0 Å². The smallest absolute Gasteiger partial charge is 0.302 e. The summed E-state index contributed by atoms with van der Waals surface area (Å²) in [5.74, 6) is -0.425. The number of rotatable bonds is 7. The first-order chi connectivity index (χ1) is 8.60. The lowest BCUT2D eigenvalue weighted by Gasteiger charge is -2.24. The summed E-state index contributed by atoms with van der Waals surface area (Å²) in [6.45, 7) is 1.37. The van der Waals surface area contributed by atoms with Gasteiger partial charge in [0, 0.05) is 27.6 Å². The molecule has 106 valence electrons. The number of ether oxygens (including phenoxy) is 5. The van der Waals surface area contributed by atoms with Crippen LogP contribution in [0.2, 0.25) is 0 Å². The Bertz CT molecular complexity index is 258. The van der Waals surface area contributed by atoms with E-state index in [1.165, 1.54) is 21.1 Å². The van der Waals surface area contributed by atoms with Crippen molar-refractivity contribution in [3.8, 4) is 0 Å². The van der Waals surface area contributed by atoms with E-state index in [1.54, 1.807) is 0 Å². The summed E-state index contributed by atoms with van der Waals surface area (Å²) >= 11 is 0. The van der Waals surface area contributed by atoms with Crippen LogP contribution in [-0.4, -0.2) is 63.3 Å². The quantitative estimate of drug-likeness (QED) is 0.497. The predicted molar refractivity (Wildman–Crippen MR) is 59.7 cm³/mol. The third kappa shape index (κ3) is 4.18. The normalized spacial score (nSPS) is 31.6. The molecule has 1 aliphatic carbocycles. The Hall–Kier alpha value is -0.730. The van der Waals surface area contributed by atoms with Crippen LogP contribution < -0.4 is 0 Å². The van der Waals surface area contributed by atoms with Gasteiger partial charge in [0.1, 0.15) is 31.9 Å². The molecule has 18 heavy (non-hydrogen) atoms. The van der Waals surface area contributed by atoms with Gasteiger partial charge in [0.25, 0.3) is 0 Å². The minimum absolute atomic E-state index is 0.0291. The van der Waals surface area contributed by atoms with Crippen molar-refractivity contribution >= 4 is 5.97 Å². The van der Waals surface area contributed by atoms with Crippen molar-refractivity contribution in [2.75, 3.05) is 27.8 Å². The molecule has 0 saturated heterocycles. The summed E-state index contributed by atoms with van der Waals surface area (Å²) in [6.07, 6.45) is -2.23. The Labute approximate surface area is 106 Å². The van der Waals surface area contributed by atoms with E-state index < -0.39 is 30.4 Å². The van der Waals surface area contributed by atoms with E-state index in [9.17, 15) is 9.90 Å². The van der Waals surface area contributed by atoms with Crippen molar-refractivity contribution in [2.45, 2.75) is 37.8 Å². The molecular weight excluding hydrogens is 244 g/mol. The molecular formula is C11H20O7. The molecule has 0 amide bonds. The van der Waals surface area contributed by atoms with Crippen LogP contribution in [0.5, 0.6) is 0 Å². The first kappa shape index (κ1) is 15.3. The van der Waals surface area contributed by atoms with Gasteiger partial charge in [-0.3, -0.25) is 4.79 Å². The maximum atomic E-state index is 11.0. The molecule has 0 bridgehead atoms. The number of hydrogen-bond donors (Lipinski definition) is 1. The Balaban J connectivity index is 2.64. The van der Waals surface area contributed by atoms with Crippen LogP contribution in [0, 0.1) is 0 Å². The molecule has 1 aliphatic rings. The van der Waals surface area contributed by atoms with Gasteiger partial charge in [0.15, 0.2) is 0 Å². The molecule has 0 radical (unpaired) electrons. The monoisotopic (exact) mass is 264 g/mol. The molecule has 0 spiro atoms. The van der Waals surface area contributed by atoms with Crippen molar-refractivity contribution in [3.05, 3.63) is 0 Å². The topological polar surface area (TPSA) is 83.5 Å². The Morgan fingerprint density at radius 3 is 2.22 bits per heavy atom. The Morgan fingerprint density at radius 1 is 1.17 bits per heavy atom. The summed E-state index contributed by atoms with van der Waals surface area (Å²) in [5, 5.41) is 9.88. The van der Waals surface area contributed by atoms with E-state index >= 15 is 0 Å². The summed E-state index contributed by atoms with van der Waals surface area (Å²) in [5.41, 5.74) is 0. The fraction of sp³-hybridized carbons (Fsp3) is 0.909. The number of hydrogen-bond acceptors (Lipinski definition) is 7. The van der Waals surface area contributed by atoms with Gasteiger partial charge in [0.2, 0.25) is 0 Å². The summed E-state index contributed by atoms with van der Waals surface area (Å²) in [4.78, 5) is 11.0.